The molecule has 1 aromatic rings. The third-order valence-electron chi connectivity index (χ3n) is 2.75. The molecule has 2 rings (SSSR count). The van der Waals surface area contributed by atoms with Gasteiger partial charge in [-0.2, -0.15) is 0 Å². The Hall–Kier alpha value is -1.14. The largest absolute Gasteiger partial charge is 0.339 e. The van der Waals surface area contributed by atoms with Crippen LogP contribution in [0, 0.1) is 0 Å². The molecule has 1 N–H and O–H groups in total. The van der Waals surface area contributed by atoms with E-state index in [0.717, 1.165) is 13.1 Å². The van der Waals surface area contributed by atoms with Gasteiger partial charge in [0, 0.05) is 32.4 Å². The molecule has 1 aliphatic heterocycles. The minimum absolute atomic E-state index is 0.00769. The van der Waals surface area contributed by atoms with Crippen molar-refractivity contribution in [1.29, 1.82) is 0 Å². The monoisotopic (exact) mass is 299 g/mol. The van der Waals surface area contributed by atoms with E-state index in [1.165, 1.54) is 4.57 Å². The van der Waals surface area contributed by atoms with E-state index in [2.05, 4.69) is 21.2 Å². The number of pyridine rings is 1. The van der Waals surface area contributed by atoms with Gasteiger partial charge >= 0.3 is 0 Å². The minimum Gasteiger partial charge on any atom is -0.339 e. The lowest BCUT2D eigenvalue weighted by Crippen LogP contribution is -2.48. The van der Waals surface area contributed by atoms with Crippen molar-refractivity contribution < 1.29 is 4.79 Å². The van der Waals surface area contributed by atoms with Gasteiger partial charge in [-0.25, -0.2) is 0 Å². The quantitative estimate of drug-likeness (QED) is 0.839. The first-order chi connectivity index (χ1) is 8.18. The molecule has 2 heterocycles. The van der Waals surface area contributed by atoms with Crippen LogP contribution in [-0.2, 0) is 11.3 Å². The molecule has 0 unspecified atom stereocenters. The fourth-order valence-electron chi connectivity index (χ4n) is 1.79. The molecule has 1 amide bonds. The summed E-state index contributed by atoms with van der Waals surface area (Å²) in [7, 11) is 0. The zero-order valence-electron chi connectivity index (χ0n) is 9.36. The average Bonchev–Trinajstić information content (AvgIpc) is 2.36. The van der Waals surface area contributed by atoms with Gasteiger partial charge in [-0.05, 0) is 28.1 Å². The van der Waals surface area contributed by atoms with Crippen LogP contribution < -0.4 is 10.9 Å². The molecule has 1 aromatic heterocycles. The molecule has 0 bridgehead atoms. The van der Waals surface area contributed by atoms with Crippen molar-refractivity contribution in [3.8, 4) is 0 Å². The van der Waals surface area contributed by atoms with Crippen molar-refractivity contribution in [3.05, 3.63) is 33.2 Å². The summed E-state index contributed by atoms with van der Waals surface area (Å²) in [5.74, 6) is -0.00769. The molecule has 6 heteroatoms. The van der Waals surface area contributed by atoms with E-state index < -0.39 is 0 Å². The highest BCUT2D eigenvalue weighted by Gasteiger charge is 2.16. The molecule has 0 saturated carbocycles. The summed E-state index contributed by atoms with van der Waals surface area (Å²) in [4.78, 5) is 25.5. The van der Waals surface area contributed by atoms with Crippen LogP contribution >= 0.6 is 15.9 Å². The maximum atomic E-state index is 12.0. The SMILES string of the molecule is O=C(Cn1cccc(Br)c1=O)N1CCNCC1. The highest BCUT2D eigenvalue weighted by molar-refractivity contribution is 9.10. The summed E-state index contributed by atoms with van der Waals surface area (Å²) >= 11 is 3.16. The second kappa shape index (κ2) is 5.46. The van der Waals surface area contributed by atoms with Crippen LogP contribution in [0.15, 0.2) is 27.6 Å². The minimum atomic E-state index is -0.170. The van der Waals surface area contributed by atoms with Gasteiger partial charge in [-0.15, -0.1) is 0 Å². The van der Waals surface area contributed by atoms with E-state index in [4.69, 9.17) is 0 Å². The van der Waals surface area contributed by atoms with Crippen LogP contribution in [0.2, 0.25) is 0 Å². The average molecular weight is 300 g/mol. The van der Waals surface area contributed by atoms with Gasteiger partial charge in [0.25, 0.3) is 5.56 Å². The molecule has 1 aliphatic rings. The maximum Gasteiger partial charge on any atom is 0.265 e. The molecule has 1 saturated heterocycles. The molecule has 0 radical (unpaired) electrons. The van der Waals surface area contributed by atoms with Gasteiger partial charge in [-0.3, -0.25) is 9.59 Å². The number of rotatable bonds is 2. The van der Waals surface area contributed by atoms with Crippen LogP contribution in [0.1, 0.15) is 0 Å². The Morgan fingerprint density at radius 2 is 2.12 bits per heavy atom. The molecule has 0 aromatic carbocycles. The number of nitrogens with one attached hydrogen (secondary N) is 1. The molecular weight excluding hydrogens is 286 g/mol. The number of piperazine rings is 1. The molecular formula is C11H14BrN3O2. The summed E-state index contributed by atoms with van der Waals surface area (Å²) in [6.07, 6.45) is 1.63. The van der Waals surface area contributed by atoms with Gasteiger partial charge in [-0.1, -0.05) is 0 Å². The van der Waals surface area contributed by atoms with Crippen molar-refractivity contribution in [3.63, 3.8) is 0 Å². The van der Waals surface area contributed by atoms with Gasteiger partial charge in [0.2, 0.25) is 5.91 Å². The fraction of sp³-hybridized carbons (Fsp3) is 0.455. The van der Waals surface area contributed by atoms with Gasteiger partial charge in [0.05, 0.1) is 4.47 Å². The van der Waals surface area contributed by atoms with Crippen LogP contribution in [0.5, 0.6) is 0 Å². The van der Waals surface area contributed by atoms with Crippen molar-refractivity contribution in [1.82, 2.24) is 14.8 Å². The molecule has 92 valence electrons. The first kappa shape index (κ1) is 12.3. The van der Waals surface area contributed by atoms with E-state index >= 15 is 0 Å². The molecule has 0 spiro atoms. The number of halogens is 1. The smallest absolute Gasteiger partial charge is 0.265 e. The summed E-state index contributed by atoms with van der Waals surface area (Å²) in [5, 5.41) is 3.18. The van der Waals surface area contributed by atoms with Crippen LogP contribution in [0.3, 0.4) is 0 Å². The summed E-state index contributed by atoms with van der Waals surface area (Å²) < 4.78 is 1.90. The fourth-order valence-corrected chi connectivity index (χ4v) is 2.17. The van der Waals surface area contributed by atoms with Crippen LogP contribution in [0.25, 0.3) is 0 Å². The van der Waals surface area contributed by atoms with E-state index in [1.54, 1.807) is 23.2 Å². The molecule has 5 nitrogen and oxygen atoms in total. The summed E-state index contributed by atoms with van der Waals surface area (Å²) in [6, 6.07) is 3.42. The zero-order valence-corrected chi connectivity index (χ0v) is 10.9. The van der Waals surface area contributed by atoms with Crippen molar-refractivity contribution >= 4 is 21.8 Å². The predicted molar refractivity (Wildman–Crippen MR) is 67.9 cm³/mol. The Labute approximate surface area is 108 Å². The number of amides is 1. The van der Waals surface area contributed by atoms with E-state index in [9.17, 15) is 9.59 Å². The number of aromatic nitrogens is 1. The number of hydrogen-bond donors (Lipinski definition) is 1. The van der Waals surface area contributed by atoms with Crippen LogP contribution in [-0.4, -0.2) is 41.6 Å². The second-order valence-electron chi connectivity index (χ2n) is 3.92. The predicted octanol–water partition coefficient (Wildman–Crippen LogP) is 0.0426. The number of carbonyl (C=O) groups excluding carboxylic acids is 1. The van der Waals surface area contributed by atoms with E-state index in [-0.39, 0.29) is 18.0 Å². The topological polar surface area (TPSA) is 54.3 Å². The Balaban J connectivity index is 2.07. The third kappa shape index (κ3) is 2.95. The third-order valence-corrected chi connectivity index (χ3v) is 3.35. The first-order valence-electron chi connectivity index (χ1n) is 5.52. The number of hydrogen-bond acceptors (Lipinski definition) is 3. The Morgan fingerprint density at radius 1 is 1.41 bits per heavy atom. The van der Waals surface area contributed by atoms with E-state index in [0.29, 0.717) is 17.6 Å². The van der Waals surface area contributed by atoms with Gasteiger partial charge in [0.1, 0.15) is 6.54 Å². The first-order valence-corrected chi connectivity index (χ1v) is 6.31. The van der Waals surface area contributed by atoms with Gasteiger partial charge < -0.3 is 14.8 Å². The number of carbonyl (C=O) groups is 1. The molecule has 0 atom stereocenters. The standard InChI is InChI=1S/C11H14BrN3O2/c12-9-2-1-5-15(11(9)17)8-10(16)14-6-3-13-4-7-14/h1-2,5,13H,3-4,6-8H2. The molecule has 1 fully saturated rings. The lowest BCUT2D eigenvalue weighted by molar-refractivity contribution is -0.132. The lowest BCUT2D eigenvalue weighted by atomic mass is 10.3. The van der Waals surface area contributed by atoms with Crippen molar-refractivity contribution in [2.45, 2.75) is 6.54 Å². The Kier molecular flexibility index (Phi) is 3.96. The normalized spacial score (nSPS) is 15.9. The van der Waals surface area contributed by atoms with Crippen LogP contribution in [0.4, 0.5) is 0 Å². The highest BCUT2D eigenvalue weighted by Crippen LogP contribution is 2.01. The molecule has 0 aliphatic carbocycles. The van der Waals surface area contributed by atoms with Crippen molar-refractivity contribution in [2.24, 2.45) is 0 Å². The Bertz CT molecular complexity index is 466. The Morgan fingerprint density at radius 3 is 2.82 bits per heavy atom. The summed E-state index contributed by atoms with van der Waals surface area (Å²) in [6.45, 7) is 3.17. The lowest BCUT2D eigenvalue weighted by Gasteiger charge is -2.27. The van der Waals surface area contributed by atoms with Gasteiger partial charge in [0.15, 0.2) is 0 Å². The van der Waals surface area contributed by atoms with E-state index in [1.807, 2.05) is 0 Å². The maximum absolute atomic E-state index is 12.0. The highest BCUT2D eigenvalue weighted by atomic mass is 79.9. The second-order valence-corrected chi connectivity index (χ2v) is 4.77. The molecule has 17 heavy (non-hydrogen) atoms. The summed E-state index contributed by atoms with van der Waals surface area (Å²) in [5.41, 5.74) is -0.170. The number of nitrogens with zero attached hydrogens (tertiary/aromatic N) is 2. The van der Waals surface area contributed by atoms with Crippen molar-refractivity contribution in [2.75, 3.05) is 26.2 Å². The zero-order chi connectivity index (χ0) is 12.3.